The highest BCUT2D eigenvalue weighted by Crippen LogP contribution is 2.32. The summed E-state index contributed by atoms with van der Waals surface area (Å²) < 4.78 is 44.6. The zero-order chi connectivity index (χ0) is 24.3. The molecule has 0 amide bonds. The second-order valence-corrected chi connectivity index (χ2v) is 10.6. The number of carbonyl (C=O) groups is 1. The van der Waals surface area contributed by atoms with Gasteiger partial charge in [-0.05, 0) is 36.5 Å². The molecule has 3 aromatic rings. The number of hydrogen-bond acceptors (Lipinski definition) is 7. The van der Waals surface area contributed by atoms with Crippen LogP contribution in [0.4, 0.5) is 0 Å². The number of piperidine rings is 1. The van der Waals surface area contributed by atoms with Crippen LogP contribution in [0.5, 0.6) is 5.75 Å². The predicted molar refractivity (Wildman–Crippen MR) is 126 cm³/mol. The van der Waals surface area contributed by atoms with E-state index in [4.69, 9.17) is 13.9 Å². The first-order valence-electron chi connectivity index (χ1n) is 11.1. The van der Waals surface area contributed by atoms with E-state index in [9.17, 15) is 13.2 Å². The van der Waals surface area contributed by atoms with Crippen molar-refractivity contribution in [3.8, 4) is 17.1 Å². The molecule has 1 saturated heterocycles. The zero-order valence-electron chi connectivity index (χ0n) is 19.4. The molecule has 0 radical (unpaired) electrons. The molecule has 0 aliphatic carbocycles. The van der Waals surface area contributed by atoms with Gasteiger partial charge in [-0.3, -0.25) is 0 Å². The normalized spacial score (nSPS) is 19.0. The lowest BCUT2D eigenvalue weighted by molar-refractivity contribution is 0.0438. The van der Waals surface area contributed by atoms with Crippen LogP contribution >= 0.6 is 0 Å². The standard InChI is InChI=1S/C25H28N2O6S/c1-17-11-18(2)15-27(14-17)34(29,30)23-12-20(9-10-21(23)31-3)25(28)32-16-24-26-13-22(33-24)19-7-5-4-6-8-19/h4-10,12-13,17-18H,11,14-16H2,1-3H3. The van der Waals surface area contributed by atoms with E-state index in [0.717, 1.165) is 12.0 Å². The molecule has 2 unspecified atom stereocenters. The van der Waals surface area contributed by atoms with Crippen molar-refractivity contribution in [2.24, 2.45) is 11.8 Å². The van der Waals surface area contributed by atoms with Gasteiger partial charge in [0.05, 0.1) is 18.9 Å². The predicted octanol–water partition coefficient (Wildman–Crippen LogP) is 4.37. The summed E-state index contributed by atoms with van der Waals surface area (Å²) in [6, 6.07) is 13.7. The van der Waals surface area contributed by atoms with Crippen LogP contribution in [0.3, 0.4) is 0 Å². The quantitative estimate of drug-likeness (QED) is 0.459. The van der Waals surface area contributed by atoms with Gasteiger partial charge in [0.2, 0.25) is 15.9 Å². The van der Waals surface area contributed by atoms with E-state index in [1.807, 2.05) is 44.2 Å². The number of ether oxygens (including phenoxy) is 2. The summed E-state index contributed by atoms with van der Waals surface area (Å²) in [5, 5.41) is 0. The summed E-state index contributed by atoms with van der Waals surface area (Å²) in [4.78, 5) is 16.8. The monoisotopic (exact) mass is 484 g/mol. The third-order valence-corrected chi connectivity index (χ3v) is 7.64. The molecule has 4 rings (SSSR count). The fourth-order valence-corrected chi connectivity index (χ4v) is 6.13. The number of carbonyl (C=O) groups excluding carboxylic acids is 1. The van der Waals surface area contributed by atoms with Gasteiger partial charge >= 0.3 is 5.97 Å². The molecule has 2 aromatic carbocycles. The third kappa shape index (κ3) is 5.15. The van der Waals surface area contributed by atoms with Crippen molar-refractivity contribution in [1.29, 1.82) is 0 Å². The number of esters is 1. The van der Waals surface area contributed by atoms with Crippen LogP contribution in [0.1, 0.15) is 36.5 Å². The van der Waals surface area contributed by atoms with Crippen molar-refractivity contribution in [3.63, 3.8) is 0 Å². The molecule has 9 heteroatoms. The summed E-state index contributed by atoms with van der Waals surface area (Å²) in [5.74, 6) is 0.805. The molecule has 180 valence electrons. The van der Waals surface area contributed by atoms with E-state index in [-0.39, 0.29) is 40.5 Å². The number of nitrogens with zero attached hydrogens (tertiary/aromatic N) is 2. The van der Waals surface area contributed by atoms with Gasteiger partial charge in [-0.2, -0.15) is 4.31 Å². The van der Waals surface area contributed by atoms with Crippen LogP contribution in [0, 0.1) is 11.8 Å². The minimum absolute atomic E-state index is 0.0479. The Bertz CT molecular complexity index is 1250. The van der Waals surface area contributed by atoms with E-state index in [2.05, 4.69) is 4.98 Å². The van der Waals surface area contributed by atoms with Crippen molar-refractivity contribution in [1.82, 2.24) is 9.29 Å². The number of sulfonamides is 1. The molecule has 1 fully saturated rings. The number of oxazole rings is 1. The molecular formula is C25H28N2O6S. The van der Waals surface area contributed by atoms with Gasteiger partial charge in [-0.1, -0.05) is 44.2 Å². The van der Waals surface area contributed by atoms with Gasteiger partial charge in [0.15, 0.2) is 12.4 Å². The summed E-state index contributed by atoms with van der Waals surface area (Å²) in [5.41, 5.74) is 0.964. The smallest absolute Gasteiger partial charge is 0.338 e. The van der Waals surface area contributed by atoms with E-state index in [0.29, 0.717) is 18.8 Å². The molecule has 0 N–H and O–H groups in total. The van der Waals surface area contributed by atoms with Gasteiger partial charge in [0, 0.05) is 18.7 Å². The number of hydrogen-bond donors (Lipinski definition) is 0. The van der Waals surface area contributed by atoms with Gasteiger partial charge in [0.1, 0.15) is 10.6 Å². The fourth-order valence-electron chi connectivity index (χ4n) is 4.27. The summed E-state index contributed by atoms with van der Waals surface area (Å²) in [6.45, 7) is 4.75. The first kappa shape index (κ1) is 24.0. The molecule has 2 atom stereocenters. The summed E-state index contributed by atoms with van der Waals surface area (Å²) in [7, 11) is -2.45. The molecule has 0 bridgehead atoms. The Morgan fingerprint density at radius 2 is 1.82 bits per heavy atom. The third-order valence-electron chi connectivity index (χ3n) is 5.79. The molecule has 34 heavy (non-hydrogen) atoms. The van der Waals surface area contributed by atoms with Crippen LogP contribution in [0.25, 0.3) is 11.3 Å². The van der Waals surface area contributed by atoms with Crippen LogP contribution in [0.15, 0.2) is 64.0 Å². The van der Waals surface area contributed by atoms with Gasteiger partial charge in [-0.15, -0.1) is 0 Å². The zero-order valence-corrected chi connectivity index (χ0v) is 20.2. The van der Waals surface area contributed by atoms with Gasteiger partial charge in [0.25, 0.3) is 0 Å². The van der Waals surface area contributed by atoms with Gasteiger partial charge < -0.3 is 13.9 Å². The van der Waals surface area contributed by atoms with Crippen LogP contribution in [-0.2, 0) is 21.4 Å². The Morgan fingerprint density at radius 1 is 1.12 bits per heavy atom. The topological polar surface area (TPSA) is 98.9 Å². The lowest BCUT2D eigenvalue weighted by Crippen LogP contribution is -2.42. The average Bonchev–Trinajstić information content (AvgIpc) is 3.31. The fraction of sp³-hybridized carbons (Fsp3) is 0.360. The maximum absolute atomic E-state index is 13.4. The van der Waals surface area contributed by atoms with Crippen molar-refractivity contribution in [2.45, 2.75) is 31.8 Å². The second-order valence-electron chi connectivity index (χ2n) is 8.69. The van der Waals surface area contributed by atoms with E-state index >= 15 is 0 Å². The molecule has 1 aromatic heterocycles. The van der Waals surface area contributed by atoms with E-state index < -0.39 is 16.0 Å². The Labute approximate surface area is 199 Å². The van der Waals surface area contributed by atoms with Crippen molar-refractivity contribution in [2.75, 3.05) is 20.2 Å². The maximum atomic E-state index is 13.4. The van der Waals surface area contributed by atoms with Crippen molar-refractivity contribution in [3.05, 3.63) is 66.2 Å². The lowest BCUT2D eigenvalue weighted by atomic mass is 9.94. The number of rotatable bonds is 7. The molecular weight excluding hydrogens is 456 g/mol. The molecule has 1 aliphatic rings. The first-order valence-corrected chi connectivity index (χ1v) is 12.6. The average molecular weight is 485 g/mol. The highest BCUT2D eigenvalue weighted by Gasteiger charge is 2.34. The second kappa shape index (κ2) is 9.99. The SMILES string of the molecule is COc1ccc(C(=O)OCc2ncc(-c3ccccc3)o2)cc1S(=O)(=O)N1CC(C)CC(C)C1. The highest BCUT2D eigenvalue weighted by molar-refractivity contribution is 7.89. The van der Waals surface area contributed by atoms with Crippen molar-refractivity contribution >= 4 is 16.0 Å². The van der Waals surface area contributed by atoms with E-state index in [1.165, 1.54) is 29.6 Å². The Morgan fingerprint density at radius 3 is 2.50 bits per heavy atom. The Balaban J connectivity index is 1.51. The molecule has 0 spiro atoms. The minimum Gasteiger partial charge on any atom is -0.495 e. The lowest BCUT2D eigenvalue weighted by Gasteiger charge is -2.34. The number of benzene rings is 2. The number of aromatic nitrogens is 1. The first-order chi connectivity index (χ1) is 16.3. The van der Waals surface area contributed by atoms with Crippen LogP contribution in [0.2, 0.25) is 0 Å². The molecule has 1 aliphatic heterocycles. The largest absolute Gasteiger partial charge is 0.495 e. The number of methoxy groups -OCH3 is 1. The van der Waals surface area contributed by atoms with Crippen LogP contribution < -0.4 is 4.74 Å². The molecule has 8 nitrogen and oxygen atoms in total. The summed E-state index contributed by atoms with van der Waals surface area (Å²) in [6.07, 6.45) is 2.54. The van der Waals surface area contributed by atoms with E-state index in [1.54, 1.807) is 6.20 Å². The molecule has 0 saturated carbocycles. The highest BCUT2D eigenvalue weighted by atomic mass is 32.2. The molecule has 2 heterocycles. The Hall–Kier alpha value is -3.17. The Kier molecular flexibility index (Phi) is 7.04. The minimum atomic E-state index is -3.85. The van der Waals surface area contributed by atoms with Gasteiger partial charge in [-0.25, -0.2) is 18.2 Å². The maximum Gasteiger partial charge on any atom is 0.338 e. The summed E-state index contributed by atoms with van der Waals surface area (Å²) >= 11 is 0. The van der Waals surface area contributed by atoms with Crippen molar-refractivity contribution < 1.29 is 27.1 Å². The van der Waals surface area contributed by atoms with Crippen LogP contribution in [-0.4, -0.2) is 43.9 Å².